The number of benzene rings is 2. The lowest BCUT2D eigenvalue weighted by atomic mass is 10.1. The third-order valence-electron chi connectivity index (χ3n) is 2.60. The van der Waals surface area contributed by atoms with E-state index in [4.69, 9.17) is 5.73 Å². The third kappa shape index (κ3) is 3.75. The molecule has 0 saturated heterocycles. The maximum Gasteiger partial charge on any atom is 0.159 e. The molecule has 2 aromatic rings. The van der Waals surface area contributed by atoms with Gasteiger partial charge in [0.2, 0.25) is 0 Å². The van der Waals surface area contributed by atoms with Crippen molar-refractivity contribution < 1.29 is 13.2 Å². The first-order chi connectivity index (χ1) is 9.06. The summed E-state index contributed by atoms with van der Waals surface area (Å²) in [5.41, 5.74) is 6.60. The monoisotopic (exact) mass is 283 g/mol. The summed E-state index contributed by atoms with van der Waals surface area (Å²) < 4.78 is 38.8. The van der Waals surface area contributed by atoms with Crippen molar-refractivity contribution in [2.75, 3.05) is 5.75 Å². The first-order valence-electron chi connectivity index (χ1n) is 5.65. The van der Waals surface area contributed by atoms with Gasteiger partial charge in [-0.1, -0.05) is 12.1 Å². The van der Waals surface area contributed by atoms with Gasteiger partial charge in [0.25, 0.3) is 0 Å². The fourth-order valence-electron chi connectivity index (χ4n) is 1.59. The largest absolute Gasteiger partial charge is 0.323 e. The summed E-state index contributed by atoms with van der Waals surface area (Å²) in [6.45, 7) is 0. The van der Waals surface area contributed by atoms with Gasteiger partial charge < -0.3 is 5.73 Å². The molecule has 2 rings (SSSR count). The van der Waals surface area contributed by atoms with E-state index in [0.717, 1.165) is 12.1 Å². The van der Waals surface area contributed by atoms with Crippen LogP contribution in [-0.2, 0) is 0 Å². The number of nitrogens with two attached hydrogens (primary N) is 1. The lowest BCUT2D eigenvalue weighted by Gasteiger charge is -2.11. The maximum absolute atomic E-state index is 13.0. The van der Waals surface area contributed by atoms with E-state index in [1.165, 1.54) is 30.0 Å². The molecule has 0 fully saturated rings. The zero-order valence-corrected chi connectivity index (χ0v) is 10.8. The fourth-order valence-corrected chi connectivity index (χ4v) is 2.50. The Labute approximate surface area is 113 Å². The number of hydrogen-bond acceptors (Lipinski definition) is 2. The Morgan fingerprint density at radius 3 is 2.47 bits per heavy atom. The Bertz CT molecular complexity index is 574. The Morgan fingerprint density at radius 1 is 1.00 bits per heavy atom. The summed E-state index contributed by atoms with van der Waals surface area (Å²) in [5, 5.41) is 0. The molecule has 0 bridgehead atoms. The topological polar surface area (TPSA) is 26.0 Å². The smallest absolute Gasteiger partial charge is 0.159 e. The number of rotatable bonds is 4. The van der Waals surface area contributed by atoms with E-state index < -0.39 is 11.6 Å². The molecule has 0 aliphatic rings. The second-order valence-electron chi connectivity index (χ2n) is 4.05. The molecule has 0 amide bonds. The van der Waals surface area contributed by atoms with Gasteiger partial charge >= 0.3 is 0 Å². The molecule has 0 aliphatic carbocycles. The van der Waals surface area contributed by atoms with Gasteiger partial charge in [0.15, 0.2) is 11.6 Å². The van der Waals surface area contributed by atoms with Crippen LogP contribution in [0, 0.1) is 17.5 Å². The van der Waals surface area contributed by atoms with Gasteiger partial charge in [0, 0.05) is 16.7 Å². The Hall–Kier alpha value is -1.46. The van der Waals surface area contributed by atoms with Crippen LogP contribution in [0.1, 0.15) is 11.6 Å². The van der Waals surface area contributed by atoms with Gasteiger partial charge in [-0.15, -0.1) is 11.8 Å². The van der Waals surface area contributed by atoms with Gasteiger partial charge in [-0.3, -0.25) is 0 Å². The predicted molar refractivity (Wildman–Crippen MR) is 70.4 cm³/mol. The molecule has 1 unspecified atom stereocenters. The number of thioether (sulfide) groups is 1. The summed E-state index contributed by atoms with van der Waals surface area (Å²) in [5.74, 6) is -1.65. The zero-order valence-electron chi connectivity index (χ0n) is 9.95. The van der Waals surface area contributed by atoms with Crippen molar-refractivity contribution in [1.82, 2.24) is 0 Å². The standard InChI is InChI=1S/C14H12F3NS/c15-10-3-1-2-9(6-10)14(18)8-19-11-4-5-12(16)13(17)7-11/h1-7,14H,8,18H2. The quantitative estimate of drug-likeness (QED) is 0.861. The highest BCUT2D eigenvalue weighted by Gasteiger charge is 2.09. The van der Waals surface area contributed by atoms with Gasteiger partial charge in [-0.2, -0.15) is 0 Å². The van der Waals surface area contributed by atoms with Gasteiger partial charge in [-0.05, 0) is 35.9 Å². The normalized spacial score (nSPS) is 12.4. The summed E-state index contributed by atoms with van der Waals surface area (Å²) in [6.07, 6.45) is 0. The van der Waals surface area contributed by atoms with Crippen molar-refractivity contribution in [3.05, 3.63) is 65.5 Å². The van der Waals surface area contributed by atoms with E-state index in [9.17, 15) is 13.2 Å². The summed E-state index contributed by atoms with van der Waals surface area (Å²) in [6, 6.07) is 9.36. The fraction of sp³-hybridized carbons (Fsp3) is 0.143. The molecular formula is C14H12F3NS. The van der Waals surface area contributed by atoms with Crippen molar-refractivity contribution in [2.45, 2.75) is 10.9 Å². The zero-order chi connectivity index (χ0) is 13.8. The predicted octanol–water partition coefficient (Wildman–Crippen LogP) is 3.90. The van der Waals surface area contributed by atoms with Crippen LogP contribution >= 0.6 is 11.8 Å². The molecule has 19 heavy (non-hydrogen) atoms. The van der Waals surface area contributed by atoms with Crippen LogP contribution < -0.4 is 5.73 Å². The summed E-state index contributed by atoms with van der Waals surface area (Å²) >= 11 is 1.30. The van der Waals surface area contributed by atoms with Crippen LogP contribution in [0.4, 0.5) is 13.2 Å². The van der Waals surface area contributed by atoms with Crippen LogP contribution in [0.2, 0.25) is 0 Å². The van der Waals surface area contributed by atoms with Crippen molar-refractivity contribution in [2.24, 2.45) is 5.73 Å². The van der Waals surface area contributed by atoms with Crippen molar-refractivity contribution in [1.29, 1.82) is 0 Å². The van der Waals surface area contributed by atoms with E-state index >= 15 is 0 Å². The average molecular weight is 283 g/mol. The van der Waals surface area contributed by atoms with Crippen molar-refractivity contribution in [3.63, 3.8) is 0 Å². The lowest BCUT2D eigenvalue weighted by Crippen LogP contribution is -2.13. The van der Waals surface area contributed by atoms with E-state index in [1.807, 2.05) is 0 Å². The average Bonchev–Trinajstić information content (AvgIpc) is 2.40. The van der Waals surface area contributed by atoms with E-state index in [0.29, 0.717) is 16.2 Å². The van der Waals surface area contributed by atoms with Crippen molar-refractivity contribution in [3.8, 4) is 0 Å². The molecular weight excluding hydrogens is 271 g/mol. The van der Waals surface area contributed by atoms with Crippen LogP contribution in [0.5, 0.6) is 0 Å². The molecule has 0 spiro atoms. The number of halogens is 3. The summed E-state index contributed by atoms with van der Waals surface area (Å²) in [4.78, 5) is 0.589. The lowest BCUT2D eigenvalue weighted by molar-refractivity contribution is 0.506. The van der Waals surface area contributed by atoms with Crippen LogP contribution in [0.3, 0.4) is 0 Å². The maximum atomic E-state index is 13.0. The van der Waals surface area contributed by atoms with Gasteiger partial charge in [0.1, 0.15) is 5.82 Å². The molecule has 0 radical (unpaired) electrons. The van der Waals surface area contributed by atoms with E-state index in [2.05, 4.69) is 0 Å². The molecule has 2 N–H and O–H groups in total. The molecule has 0 aliphatic heterocycles. The second-order valence-corrected chi connectivity index (χ2v) is 5.14. The highest BCUT2D eigenvalue weighted by molar-refractivity contribution is 7.99. The van der Waals surface area contributed by atoms with Crippen LogP contribution in [-0.4, -0.2) is 5.75 Å². The van der Waals surface area contributed by atoms with E-state index in [-0.39, 0.29) is 11.9 Å². The first-order valence-corrected chi connectivity index (χ1v) is 6.64. The van der Waals surface area contributed by atoms with Crippen LogP contribution in [0.25, 0.3) is 0 Å². The Balaban J connectivity index is 2.00. The number of hydrogen-bond donors (Lipinski definition) is 1. The van der Waals surface area contributed by atoms with Crippen molar-refractivity contribution >= 4 is 11.8 Å². The first kappa shape index (κ1) is 14.0. The minimum Gasteiger partial charge on any atom is -0.323 e. The van der Waals surface area contributed by atoms with Gasteiger partial charge in [-0.25, -0.2) is 13.2 Å². The highest BCUT2D eigenvalue weighted by atomic mass is 32.2. The minimum absolute atomic E-state index is 0.342. The summed E-state index contributed by atoms with van der Waals surface area (Å²) in [7, 11) is 0. The Morgan fingerprint density at radius 2 is 1.79 bits per heavy atom. The molecule has 0 heterocycles. The molecule has 0 aromatic heterocycles. The van der Waals surface area contributed by atoms with Gasteiger partial charge in [0.05, 0.1) is 0 Å². The third-order valence-corrected chi connectivity index (χ3v) is 3.71. The molecule has 1 atom stereocenters. The van der Waals surface area contributed by atoms with E-state index in [1.54, 1.807) is 12.1 Å². The molecule has 2 aromatic carbocycles. The highest BCUT2D eigenvalue weighted by Crippen LogP contribution is 2.25. The molecule has 1 nitrogen and oxygen atoms in total. The minimum atomic E-state index is -0.885. The second kappa shape index (κ2) is 6.12. The molecule has 0 saturated carbocycles. The Kier molecular flexibility index (Phi) is 4.50. The SMILES string of the molecule is NC(CSc1ccc(F)c(F)c1)c1cccc(F)c1. The molecule has 100 valence electrons. The van der Waals surface area contributed by atoms with Crippen LogP contribution in [0.15, 0.2) is 47.4 Å². The molecule has 5 heteroatoms.